The SMILES string of the molecule is CO[C@H](C)[C@H](NC(=O)OCC1c2ccccc2-c2ccccc21)C(=O)NC1CCCC1(C)C(=O)O. The van der Waals surface area contributed by atoms with Crippen LogP contribution in [0.2, 0.25) is 0 Å². The van der Waals surface area contributed by atoms with Crippen LogP contribution in [-0.2, 0) is 19.1 Å². The van der Waals surface area contributed by atoms with Gasteiger partial charge in [-0.05, 0) is 48.9 Å². The Labute approximate surface area is 205 Å². The van der Waals surface area contributed by atoms with Gasteiger partial charge in [0.05, 0.1) is 11.5 Å². The van der Waals surface area contributed by atoms with E-state index < -0.39 is 41.6 Å². The average Bonchev–Trinajstić information content (AvgIpc) is 3.39. The maximum Gasteiger partial charge on any atom is 0.407 e. The van der Waals surface area contributed by atoms with Crippen molar-refractivity contribution >= 4 is 18.0 Å². The summed E-state index contributed by atoms with van der Waals surface area (Å²) < 4.78 is 10.9. The summed E-state index contributed by atoms with van der Waals surface area (Å²) in [6, 6.07) is 14.5. The molecule has 186 valence electrons. The molecule has 2 aromatic rings. The first kappa shape index (κ1) is 24.7. The molecule has 1 saturated carbocycles. The third-order valence-electron chi connectivity index (χ3n) is 7.50. The van der Waals surface area contributed by atoms with Gasteiger partial charge in [-0.2, -0.15) is 0 Å². The molecule has 35 heavy (non-hydrogen) atoms. The van der Waals surface area contributed by atoms with Crippen LogP contribution in [0.5, 0.6) is 0 Å². The normalized spacial score (nSPS) is 22.5. The molecule has 2 unspecified atom stereocenters. The number of carboxylic acid groups (broad SMARTS) is 1. The predicted molar refractivity (Wildman–Crippen MR) is 130 cm³/mol. The molecule has 1 fully saturated rings. The third-order valence-corrected chi connectivity index (χ3v) is 7.50. The van der Waals surface area contributed by atoms with Gasteiger partial charge in [-0.3, -0.25) is 9.59 Å². The quantitative estimate of drug-likeness (QED) is 0.531. The van der Waals surface area contributed by atoms with Crippen molar-refractivity contribution in [2.24, 2.45) is 5.41 Å². The van der Waals surface area contributed by atoms with E-state index in [-0.39, 0.29) is 12.5 Å². The van der Waals surface area contributed by atoms with Gasteiger partial charge < -0.3 is 25.2 Å². The molecule has 4 rings (SSSR count). The molecule has 8 nitrogen and oxygen atoms in total. The predicted octanol–water partition coefficient (Wildman–Crippen LogP) is 3.69. The van der Waals surface area contributed by atoms with Crippen molar-refractivity contribution in [1.82, 2.24) is 10.6 Å². The number of hydrogen-bond donors (Lipinski definition) is 3. The Morgan fingerprint density at radius 3 is 2.26 bits per heavy atom. The first-order valence-corrected chi connectivity index (χ1v) is 11.9. The summed E-state index contributed by atoms with van der Waals surface area (Å²) in [4.78, 5) is 37.6. The highest BCUT2D eigenvalue weighted by Crippen LogP contribution is 2.44. The molecule has 0 radical (unpaired) electrons. The minimum absolute atomic E-state index is 0.102. The minimum atomic E-state index is -1.04. The van der Waals surface area contributed by atoms with Crippen molar-refractivity contribution in [3.8, 4) is 11.1 Å². The fourth-order valence-electron chi connectivity index (χ4n) is 5.21. The van der Waals surface area contributed by atoms with Crippen LogP contribution in [0.25, 0.3) is 11.1 Å². The second kappa shape index (κ2) is 10.1. The number of alkyl carbamates (subject to hydrolysis) is 1. The number of amides is 2. The lowest BCUT2D eigenvalue weighted by Gasteiger charge is -2.30. The lowest BCUT2D eigenvalue weighted by atomic mass is 9.84. The number of fused-ring (bicyclic) bond motifs is 3. The molecule has 2 amide bonds. The van der Waals surface area contributed by atoms with Crippen molar-refractivity contribution in [3.63, 3.8) is 0 Å². The number of carbonyl (C=O) groups excluding carboxylic acids is 2. The molecule has 0 bridgehead atoms. The standard InChI is InChI=1S/C27H32N2O6/c1-16(34-3)23(24(30)28-22-13-8-14-27(22,2)25(31)32)29-26(33)35-15-21-19-11-6-4-9-17(19)18-10-5-7-12-20(18)21/h4-7,9-12,16,21-23H,8,13-15H2,1-3H3,(H,28,30)(H,29,33)(H,31,32)/t16-,22?,23+,27?/m1/s1. The molecular formula is C27H32N2O6. The first-order valence-electron chi connectivity index (χ1n) is 11.9. The summed E-state index contributed by atoms with van der Waals surface area (Å²) in [5.74, 6) is -1.54. The highest BCUT2D eigenvalue weighted by atomic mass is 16.5. The van der Waals surface area contributed by atoms with E-state index in [2.05, 4.69) is 22.8 Å². The van der Waals surface area contributed by atoms with Gasteiger partial charge in [0.15, 0.2) is 0 Å². The number of carbonyl (C=O) groups is 3. The van der Waals surface area contributed by atoms with E-state index in [0.29, 0.717) is 19.3 Å². The van der Waals surface area contributed by atoms with Crippen molar-refractivity contribution < 1.29 is 29.0 Å². The van der Waals surface area contributed by atoms with Crippen LogP contribution in [0.1, 0.15) is 50.2 Å². The van der Waals surface area contributed by atoms with E-state index in [1.807, 2.05) is 36.4 Å². The topological polar surface area (TPSA) is 114 Å². The van der Waals surface area contributed by atoms with Crippen molar-refractivity contribution in [1.29, 1.82) is 0 Å². The van der Waals surface area contributed by atoms with Crippen LogP contribution in [0.15, 0.2) is 48.5 Å². The molecule has 0 aromatic heterocycles. The average molecular weight is 481 g/mol. The molecular weight excluding hydrogens is 448 g/mol. The lowest BCUT2D eigenvalue weighted by molar-refractivity contribution is -0.149. The largest absolute Gasteiger partial charge is 0.481 e. The maximum atomic E-state index is 13.1. The van der Waals surface area contributed by atoms with Gasteiger partial charge in [-0.1, -0.05) is 55.0 Å². The number of nitrogens with one attached hydrogen (secondary N) is 2. The van der Waals surface area contributed by atoms with E-state index >= 15 is 0 Å². The number of rotatable bonds is 8. The number of carboxylic acids is 1. The van der Waals surface area contributed by atoms with E-state index in [9.17, 15) is 19.5 Å². The number of benzene rings is 2. The van der Waals surface area contributed by atoms with Crippen molar-refractivity contribution in [2.45, 2.75) is 57.2 Å². The summed E-state index contributed by atoms with van der Waals surface area (Å²) in [7, 11) is 1.45. The Bertz CT molecular complexity index is 1070. The second-order valence-electron chi connectivity index (χ2n) is 9.56. The van der Waals surface area contributed by atoms with E-state index in [1.54, 1.807) is 13.8 Å². The zero-order chi connectivity index (χ0) is 25.2. The summed E-state index contributed by atoms with van der Waals surface area (Å²) in [6.07, 6.45) is 0.375. The highest BCUT2D eigenvalue weighted by Gasteiger charge is 2.46. The smallest absolute Gasteiger partial charge is 0.407 e. The molecule has 0 aliphatic heterocycles. The van der Waals surface area contributed by atoms with Gasteiger partial charge in [0.25, 0.3) is 0 Å². The highest BCUT2D eigenvalue weighted by molar-refractivity contribution is 5.87. The molecule has 2 aliphatic rings. The van der Waals surface area contributed by atoms with Gasteiger partial charge in [0.2, 0.25) is 5.91 Å². The third kappa shape index (κ3) is 4.75. The van der Waals surface area contributed by atoms with Crippen LogP contribution in [0.3, 0.4) is 0 Å². The van der Waals surface area contributed by atoms with Crippen LogP contribution >= 0.6 is 0 Å². The van der Waals surface area contributed by atoms with E-state index in [4.69, 9.17) is 9.47 Å². The maximum absolute atomic E-state index is 13.1. The zero-order valence-electron chi connectivity index (χ0n) is 20.2. The van der Waals surface area contributed by atoms with Crippen LogP contribution in [0.4, 0.5) is 4.79 Å². The molecule has 2 aromatic carbocycles. The molecule has 4 atom stereocenters. The van der Waals surface area contributed by atoms with Gasteiger partial charge in [-0.25, -0.2) is 4.79 Å². The Balaban J connectivity index is 1.43. The summed E-state index contributed by atoms with van der Waals surface area (Å²) in [5.41, 5.74) is 3.40. The number of ether oxygens (including phenoxy) is 2. The van der Waals surface area contributed by atoms with Crippen LogP contribution in [0, 0.1) is 5.41 Å². The number of hydrogen-bond acceptors (Lipinski definition) is 5. The first-order chi connectivity index (χ1) is 16.8. The van der Waals surface area contributed by atoms with Gasteiger partial charge in [0, 0.05) is 19.1 Å². The second-order valence-corrected chi connectivity index (χ2v) is 9.56. The molecule has 2 aliphatic carbocycles. The van der Waals surface area contributed by atoms with E-state index in [1.165, 1.54) is 7.11 Å². The van der Waals surface area contributed by atoms with Crippen LogP contribution < -0.4 is 10.6 Å². The van der Waals surface area contributed by atoms with Gasteiger partial charge >= 0.3 is 12.1 Å². The fourth-order valence-corrected chi connectivity index (χ4v) is 5.21. The van der Waals surface area contributed by atoms with Crippen LogP contribution in [-0.4, -0.2) is 55.0 Å². The monoisotopic (exact) mass is 480 g/mol. The Morgan fingerprint density at radius 2 is 1.69 bits per heavy atom. The molecule has 0 spiro atoms. The van der Waals surface area contributed by atoms with Gasteiger partial charge in [0.1, 0.15) is 12.6 Å². The van der Waals surface area contributed by atoms with Gasteiger partial charge in [-0.15, -0.1) is 0 Å². The molecule has 0 saturated heterocycles. The summed E-state index contributed by atoms with van der Waals surface area (Å²) >= 11 is 0. The zero-order valence-corrected chi connectivity index (χ0v) is 20.2. The van der Waals surface area contributed by atoms with Crippen molar-refractivity contribution in [3.05, 3.63) is 59.7 Å². The Kier molecular flexibility index (Phi) is 7.12. The summed E-state index contributed by atoms with van der Waals surface area (Å²) in [5, 5.41) is 15.1. The lowest BCUT2D eigenvalue weighted by Crippen LogP contribution is -2.57. The Hall–Kier alpha value is -3.39. The molecule has 3 N–H and O–H groups in total. The number of aliphatic carboxylic acids is 1. The van der Waals surface area contributed by atoms with E-state index in [0.717, 1.165) is 22.3 Å². The summed E-state index contributed by atoms with van der Waals surface area (Å²) in [6.45, 7) is 3.43. The molecule has 0 heterocycles. The number of methoxy groups -OCH3 is 1. The molecule has 8 heteroatoms. The Morgan fingerprint density at radius 1 is 1.09 bits per heavy atom. The van der Waals surface area contributed by atoms with Crippen molar-refractivity contribution in [2.75, 3.05) is 13.7 Å². The fraction of sp³-hybridized carbons (Fsp3) is 0.444. The minimum Gasteiger partial charge on any atom is -0.481 e.